The second-order valence-corrected chi connectivity index (χ2v) is 4.84. The van der Waals surface area contributed by atoms with Crippen molar-refractivity contribution in [2.45, 2.75) is 25.6 Å². The van der Waals surface area contributed by atoms with Gasteiger partial charge in [0.2, 0.25) is 0 Å². The predicted molar refractivity (Wildman–Crippen MR) is 70.8 cm³/mol. The van der Waals surface area contributed by atoms with Crippen LogP contribution in [0.2, 0.25) is 5.02 Å². The van der Waals surface area contributed by atoms with E-state index in [9.17, 15) is 13.2 Å². The highest BCUT2D eigenvalue weighted by Crippen LogP contribution is 2.33. The molecule has 0 amide bonds. The largest absolute Gasteiger partial charge is 0.416 e. The van der Waals surface area contributed by atoms with E-state index in [4.69, 9.17) is 17.3 Å². The minimum absolute atomic E-state index is 0.0135. The summed E-state index contributed by atoms with van der Waals surface area (Å²) in [4.78, 5) is 3.95. The van der Waals surface area contributed by atoms with Gasteiger partial charge in [0, 0.05) is 16.8 Å². The van der Waals surface area contributed by atoms with Crippen molar-refractivity contribution in [2.75, 3.05) is 0 Å². The van der Waals surface area contributed by atoms with Crippen molar-refractivity contribution in [1.82, 2.24) is 9.55 Å². The molecule has 3 nitrogen and oxygen atoms in total. The third-order valence-electron chi connectivity index (χ3n) is 2.97. The maximum absolute atomic E-state index is 12.8. The Kier molecular flexibility index (Phi) is 4.06. The molecule has 0 aliphatic rings. The molecule has 1 atom stereocenters. The highest BCUT2D eigenvalue weighted by atomic mass is 35.5. The quantitative estimate of drug-likeness (QED) is 0.933. The molecule has 0 bridgehead atoms. The normalized spacial score (nSPS) is 13.5. The molecule has 0 unspecified atom stereocenters. The monoisotopic (exact) mass is 303 g/mol. The van der Waals surface area contributed by atoms with Crippen LogP contribution in [-0.4, -0.2) is 9.55 Å². The number of rotatable bonds is 3. The molecular weight excluding hydrogens is 291 g/mol. The zero-order valence-corrected chi connectivity index (χ0v) is 11.4. The molecular formula is C13H13ClF3N3. The van der Waals surface area contributed by atoms with E-state index in [1.807, 2.05) is 6.92 Å². The van der Waals surface area contributed by atoms with Crippen molar-refractivity contribution in [3.63, 3.8) is 0 Å². The van der Waals surface area contributed by atoms with E-state index in [1.165, 1.54) is 17.0 Å². The first kappa shape index (κ1) is 14.9. The van der Waals surface area contributed by atoms with E-state index >= 15 is 0 Å². The van der Waals surface area contributed by atoms with Gasteiger partial charge >= 0.3 is 6.18 Å². The number of aromatic nitrogens is 2. The van der Waals surface area contributed by atoms with Crippen molar-refractivity contribution in [3.05, 3.63) is 47.0 Å². The highest BCUT2D eigenvalue weighted by molar-refractivity contribution is 6.30. The molecule has 7 heteroatoms. The SMILES string of the molecule is CC[C@@H](N)c1cncn1-c1cc(Cl)cc(C(F)(F)F)c1. The lowest BCUT2D eigenvalue weighted by Crippen LogP contribution is -2.14. The van der Waals surface area contributed by atoms with Gasteiger partial charge in [0.15, 0.2) is 0 Å². The molecule has 0 spiro atoms. The average Bonchev–Trinajstić information content (AvgIpc) is 2.85. The Hall–Kier alpha value is -1.53. The molecule has 0 aliphatic carbocycles. The van der Waals surface area contributed by atoms with Gasteiger partial charge in [-0.1, -0.05) is 18.5 Å². The summed E-state index contributed by atoms with van der Waals surface area (Å²) in [6, 6.07) is 3.07. The van der Waals surface area contributed by atoms with Crippen LogP contribution >= 0.6 is 11.6 Å². The minimum Gasteiger partial charge on any atom is -0.323 e. The van der Waals surface area contributed by atoms with Gasteiger partial charge in [0.1, 0.15) is 0 Å². The molecule has 0 saturated carbocycles. The Balaban J connectivity index is 2.54. The molecule has 1 heterocycles. The van der Waals surface area contributed by atoms with Gasteiger partial charge in [0.05, 0.1) is 23.8 Å². The van der Waals surface area contributed by atoms with Crippen LogP contribution in [-0.2, 0) is 6.18 Å². The standard InChI is InChI=1S/C13H13ClF3N3/c1-2-11(18)12-6-19-7-20(12)10-4-8(13(15,16)17)3-9(14)5-10/h3-7,11H,2,18H2,1H3/t11-/m1/s1. The second kappa shape index (κ2) is 5.46. The first-order valence-corrected chi connectivity index (χ1v) is 6.36. The third kappa shape index (κ3) is 2.96. The molecule has 0 aliphatic heterocycles. The first-order chi connectivity index (χ1) is 9.32. The van der Waals surface area contributed by atoms with Crippen LogP contribution in [0.1, 0.15) is 30.6 Å². The maximum Gasteiger partial charge on any atom is 0.416 e. The zero-order valence-electron chi connectivity index (χ0n) is 10.7. The molecule has 20 heavy (non-hydrogen) atoms. The second-order valence-electron chi connectivity index (χ2n) is 4.40. The number of hydrogen-bond acceptors (Lipinski definition) is 2. The molecule has 0 fully saturated rings. The first-order valence-electron chi connectivity index (χ1n) is 5.99. The molecule has 2 aromatic rings. The number of benzene rings is 1. The van der Waals surface area contributed by atoms with Gasteiger partial charge < -0.3 is 10.3 Å². The van der Waals surface area contributed by atoms with Gasteiger partial charge in [0.25, 0.3) is 0 Å². The minimum atomic E-state index is -4.45. The predicted octanol–water partition coefficient (Wildman–Crippen LogP) is 3.95. The lowest BCUT2D eigenvalue weighted by Gasteiger charge is -2.15. The zero-order chi connectivity index (χ0) is 14.9. The lowest BCUT2D eigenvalue weighted by atomic mass is 10.1. The van der Waals surface area contributed by atoms with E-state index < -0.39 is 11.7 Å². The Labute approximate surface area is 119 Å². The summed E-state index contributed by atoms with van der Waals surface area (Å²) < 4.78 is 39.9. The Morgan fingerprint density at radius 2 is 2.05 bits per heavy atom. The van der Waals surface area contributed by atoms with Gasteiger partial charge in [-0.05, 0) is 24.6 Å². The molecule has 1 aromatic carbocycles. The van der Waals surface area contributed by atoms with E-state index in [-0.39, 0.29) is 11.1 Å². The number of halogens is 4. The summed E-state index contributed by atoms with van der Waals surface area (Å²) in [6.07, 6.45) is -0.829. The summed E-state index contributed by atoms with van der Waals surface area (Å²) in [5, 5.41) is 0.0135. The maximum atomic E-state index is 12.8. The molecule has 2 N–H and O–H groups in total. The van der Waals surface area contributed by atoms with Crippen LogP contribution in [0.3, 0.4) is 0 Å². The molecule has 108 valence electrons. The lowest BCUT2D eigenvalue weighted by molar-refractivity contribution is -0.137. The van der Waals surface area contributed by atoms with Gasteiger partial charge in [-0.15, -0.1) is 0 Å². The molecule has 1 aromatic heterocycles. The van der Waals surface area contributed by atoms with Crippen LogP contribution in [0.5, 0.6) is 0 Å². The van der Waals surface area contributed by atoms with Gasteiger partial charge in [-0.25, -0.2) is 4.98 Å². The van der Waals surface area contributed by atoms with E-state index in [1.54, 1.807) is 6.20 Å². The summed E-state index contributed by atoms with van der Waals surface area (Å²) in [6.45, 7) is 1.89. The Bertz CT molecular complexity index is 607. The summed E-state index contributed by atoms with van der Waals surface area (Å²) in [5.74, 6) is 0. The summed E-state index contributed by atoms with van der Waals surface area (Å²) in [7, 11) is 0. The highest BCUT2D eigenvalue weighted by Gasteiger charge is 2.31. The van der Waals surface area contributed by atoms with Crippen LogP contribution in [0.25, 0.3) is 5.69 Å². The van der Waals surface area contributed by atoms with Crippen LogP contribution in [0.4, 0.5) is 13.2 Å². The molecule has 2 rings (SSSR count). The van der Waals surface area contributed by atoms with Crippen molar-refractivity contribution in [1.29, 1.82) is 0 Å². The van der Waals surface area contributed by atoms with Crippen LogP contribution in [0.15, 0.2) is 30.7 Å². The van der Waals surface area contributed by atoms with E-state index in [0.717, 1.165) is 12.1 Å². The fourth-order valence-electron chi connectivity index (χ4n) is 1.88. The summed E-state index contributed by atoms with van der Waals surface area (Å²) >= 11 is 5.77. The van der Waals surface area contributed by atoms with E-state index in [2.05, 4.69) is 4.98 Å². The number of nitrogens with two attached hydrogens (primary N) is 1. The number of alkyl halides is 3. The van der Waals surface area contributed by atoms with Gasteiger partial charge in [-0.3, -0.25) is 0 Å². The molecule has 0 saturated heterocycles. The average molecular weight is 304 g/mol. The van der Waals surface area contributed by atoms with E-state index in [0.29, 0.717) is 17.8 Å². The number of hydrogen-bond donors (Lipinski definition) is 1. The Morgan fingerprint density at radius 3 is 2.65 bits per heavy atom. The summed E-state index contributed by atoms with van der Waals surface area (Å²) in [5.41, 5.74) is 6.06. The fourth-order valence-corrected chi connectivity index (χ4v) is 2.11. The Morgan fingerprint density at radius 1 is 1.35 bits per heavy atom. The number of imidazole rings is 1. The molecule has 0 radical (unpaired) electrons. The van der Waals surface area contributed by atoms with Crippen molar-refractivity contribution >= 4 is 11.6 Å². The van der Waals surface area contributed by atoms with Crippen LogP contribution < -0.4 is 5.73 Å². The van der Waals surface area contributed by atoms with Crippen molar-refractivity contribution in [2.24, 2.45) is 5.73 Å². The van der Waals surface area contributed by atoms with Gasteiger partial charge in [-0.2, -0.15) is 13.2 Å². The van der Waals surface area contributed by atoms with Crippen molar-refractivity contribution in [3.8, 4) is 5.69 Å². The topological polar surface area (TPSA) is 43.8 Å². The fraction of sp³-hybridized carbons (Fsp3) is 0.308. The van der Waals surface area contributed by atoms with Crippen molar-refractivity contribution < 1.29 is 13.2 Å². The third-order valence-corrected chi connectivity index (χ3v) is 3.19. The smallest absolute Gasteiger partial charge is 0.323 e. The number of nitrogens with zero attached hydrogens (tertiary/aromatic N) is 2. The van der Waals surface area contributed by atoms with Crippen LogP contribution in [0, 0.1) is 0 Å².